The Hall–Kier alpha value is -2.69. The van der Waals surface area contributed by atoms with Gasteiger partial charge in [0.05, 0.1) is 14.2 Å². The monoisotopic (exact) mass is 270 g/mol. The minimum atomic E-state index is 0.503. The fourth-order valence-corrected chi connectivity index (χ4v) is 2.00. The lowest BCUT2D eigenvalue weighted by molar-refractivity contribution is 0.394. The Balaban J connectivity index is 2.14. The number of nitrogen functional groups attached to an aromatic ring is 1. The van der Waals surface area contributed by atoms with Gasteiger partial charge in [0.25, 0.3) is 0 Å². The van der Waals surface area contributed by atoms with Crippen LogP contribution in [0.5, 0.6) is 11.5 Å². The molecule has 3 aromatic rings. The molecule has 2 aromatic carbocycles. The van der Waals surface area contributed by atoms with E-state index in [4.69, 9.17) is 19.6 Å². The molecular formula is C15H14N2O3. The summed E-state index contributed by atoms with van der Waals surface area (Å²) in [5, 5.41) is 0. The fourth-order valence-electron chi connectivity index (χ4n) is 2.00. The lowest BCUT2D eigenvalue weighted by Gasteiger charge is -2.05. The molecule has 2 N–H and O–H groups in total. The third kappa shape index (κ3) is 2.14. The van der Waals surface area contributed by atoms with E-state index < -0.39 is 0 Å². The Kier molecular flexibility index (Phi) is 2.95. The molecule has 0 aliphatic carbocycles. The second kappa shape index (κ2) is 4.77. The molecule has 0 bridgehead atoms. The predicted molar refractivity (Wildman–Crippen MR) is 77.0 cm³/mol. The predicted octanol–water partition coefficient (Wildman–Crippen LogP) is 3.09. The molecule has 20 heavy (non-hydrogen) atoms. The van der Waals surface area contributed by atoms with Crippen LogP contribution in [0.25, 0.3) is 22.6 Å². The lowest BCUT2D eigenvalue weighted by Crippen LogP contribution is -1.88. The zero-order chi connectivity index (χ0) is 14.1. The van der Waals surface area contributed by atoms with E-state index in [1.54, 1.807) is 32.4 Å². The highest BCUT2D eigenvalue weighted by Crippen LogP contribution is 2.31. The summed E-state index contributed by atoms with van der Waals surface area (Å²) in [6, 6.07) is 10.9. The molecule has 0 unspecified atom stereocenters. The number of aromatic nitrogens is 1. The van der Waals surface area contributed by atoms with Gasteiger partial charge < -0.3 is 19.6 Å². The van der Waals surface area contributed by atoms with E-state index in [0.717, 1.165) is 11.1 Å². The molecule has 0 amide bonds. The summed E-state index contributed by atoms with van der Waals surface area (Å²) >= 11 is 0. The van der Waals surface area contributed by atoms with Crippen LogP contribution in [0.2, 0.25) is 0 Å². The molecule has 0 aliphatic heterocycles. The number of fused-ring (bicyclic) bond motifs is 1. The number of rotatable bonds is 3. The largest absolute Gasteiger partial charge is 0.497 e. The molecule has 1 aromatic heterocycles. The number of oxazole rings is 1. The zero-order valence-corrected chi connectivity index (χ0v) is 11.2. The molecule has 0 saturated carbocycles. The number of benzene rings is 2. The molecule has 3 rings (SSSR count). The van der Waals surface area contributed by atoms with Crippen LogP contribution >= 0.6 is 0 Å². The summed E-state index contributed by atoms with van der Waals surface area (Å²) in [6.45, 7) is 0. The van der Waals surface area contributed by atoms with Gasteiger partial charge in [0.15, 0.2) is 5.58 Å². The number of ether oxygens (including phenoxy) is 2. The van der Waals surface area contributed by atoms with Crippen LogP contribution in [0.3, 0.4) is 0 Å². The smallest absolute Gasteiger partial charge is 0.227 e. The molecule has 0 saturated heterocycles. The molecule has 0 radical (unpaired) electrons. The summed E-state index contributed by atoms with van der Waals surface area (Å²) in [4.78, 5) is 4.44. The number of methoxy groups -OCH3 is 2. The number of hydrogen-bond acceptors (Lipinski definition) is 5. The second-order valence-corrected chi connectivity index (χ2v) is 4.35. The van der Waals surface area contributed by atoms with Crippen molar-refractivity contribution < 1.29 is 13.9 Å². The summed E-state index contributed by atoms with van der Waals surface area (Å²) in [6.07, 6.45) is 0. The van der Waals surface area contributed by atoms with Crippen molar-refractivity contribution in [1.29, 1.82) is 0 Å². The van der Waals surface area contributed by atoms with Crippen molar-refractivity contribution >= 4 is 16.8 Å². The van der Waals surface area contributed by atoms with Gasteiger partial charge in [0, 0.05) is 23.4 Å². The number of anilines is 1. The van der Waals surface area contributed by atoms with Crippen LogP contribution in [0.15, 0.2) is 40.8 Å². The Labute approximate surface area is 115 Å². The minimum Gasteiger partial charge on any atom is -0.497 e. The highest BCUT2D eigenvalue weighted by Gasteiger charge is 2.11. The van der Waals surface area contributed by atoms with Crippen molar-refractivity contribution in [3.8, 4) is 23.0 Å². The van der Waals surface area contributed by atoms with E-state index in [0.29, 0.717) is 28.7 Å². The molecule has 5 heteroatoms. The standard InChI is InChI=1S/C15H14N2O3/c1-18-11-5-9(6-12(8-11)19-2)15-17-13-4-3-10(16)7-14(13)20-15/h3-8H,16H2,1-2H3. The van der Waals surface area contributed by atoms with Gasteiger partial charge >= 0.3 is 0 Å². The normalized spacial score (nSPS) is 10.7. The molecular weight excluding hydrogens is 256 g/mol. The SMILES string of the molecule is COc1cc(OC)cc(-c2nc3ccc(N)cc3o2)c1. The summed E-state index contributed by atoms with van der Waals surface area (Å²) in [7, 11) is 3.20. The van der Waals surface area contributed by atoms with E-state index >= 15 is 0 Å². The minimum absolute atomic E-state index is 0.503. The third-order valence-corrected chi connectivity index (χ3v) is 3.01. The Bertz CT molecular complexity index is 743. The van der Waals surface area contributed by atoms with Crippen molar-refractivity contribution in [2.24, 2.45) is 0 Å². The maximum absolute atomic E-state index is 5.74. The highest BCUT2D eigenvalue weighted by molar-refractivity contribution is 5.79. The highest BCUT2D eigenvalue weighted by atomic mass is 16.5. The average molecular weight is 270 g/mol. The van der Waals surface area contributed by atoms with Gasteiger partial charge in [0.1, 0.15) is 17.0 Å². The Morgan fingerprint density at radius 1 is 1.00 bits per heavy atom. The van der Waals surface area contributed by atoms with Crippen molar-refractivity contribution in [2.75, 3.05) is 20.0 Å². The molecule has 1 heterocycles. The van der Waals surface area contributed by atoms with Gasteiger partial charge in [0.2, 0.25) is 5.89 Å². The van der Waals surface area contributed by atoms with E-state index in [-0.39, 0.29) is 0 Å². The molecule has 5 nitrogen and oxygen atoms in total. The van der Waals surface area contributed by atoms with Crippen molar-refractivity contribution in [3.63, 3.8) is 0 Å². The summed E-state index contributed by atoms with van der Waals surface area (Å²) < 4.78 is 16.2. The number of nitrogens with two attached hydrogens (primary N) is 1. The molecule has 102 valence electrons. The van der Waals surface area contributed by atoms with Crippen LogP contribution in [0.1, 0.15) is 0 Å². The lowest BCUT2D eigenvalue weighted by atomic mass is 10.2. The number of hydrogen-bond donors (Lipinski definition) is 1. The first-order valence-electron chi connectivity index (χ1n) is 6.09. The summed E-state index contributed by atoms with van der Waals surface area (Å²) in [5.74, 6) is 1.87. The zero-order valence-electron chi connectivity index (χ0n) is 11.2. The average Bonchev–Trinajstić information content (AvgIpc) is 2.89. The summed E-state index contributed by atoms with van der Waals surface area (Å²) in [5.41, 5.74) is 8.58. The topological polar surface area (TPSA) is 70.5 Å². The van der Waals surface area contributed by atoms with Crippen molar-refractivity contribution in [2.45, 2.75) is 0 Å². The molecule has 0 atom stereocenters. The van der Waals surface area contributed by atoms with Gasteiger partial charge in [-0.05, 0) is 24.3 Å². The van der Waals surface area contributed by atoms with E-state index in [1.165, 1.54) is 0 Å². The van der Waals surface area contributed by atoms with Crippen LogP contribution in [0, 0.1) is 0 Å². The maximum Gasteiger partial charge on any atom is 0.227 e. The van der Waals surface area contributed by atoms with Gasteiger partial charge in [-0.3, -0.25) is 0 Å². The quantitative estimate of drug-likeness (QED) is 0.740. The van der Waals surface area contributed by atoms with Crippen LogP contribution < -0.4 is 15.2 Å². The van der Waals surface area contributed by atoms with Crippen LogP contribution in [-0.4, -0.2) is 19.2 Å². The third-order valence-electron chi connectivity index (χ3n) is 3.01. The first kappa shape index (κ1) is 12.3. The fraction of sp³-hybridized carbons (Fsp3) is 0.133. The van der Waals surface area contributed by atoms with Gasteiger partial charge in [-0.1, -0.05) is 0 Å². The van der Waals surface area contributed by atoms with Gasteiger partial charge in [-0.2, -0.15) is 0 Å². The first-order valence-corrected chi connectivity index (χ1v) is 6.09. The van der Waals surface area contributed by atoms with Crippen LogP contribution in [0.4, 0.5) is 5.69 Å². The van der Waals surface area contributed by atoms with E-state index in [9.17, 15) is 0 Å². The van der Waals surface area contributed by atoms with Crippen LogP contribution in [-0.2, 0) is 0 Å². The molecule has 0 fully saturated rings. The number of nitrogens with zero attached hydrogens (tertiary/aromatic N) is 1. The van der Waals surface area contributed by atoms with Gasteiger partial charge in [-0.15, -0.1) is 0 Å². The van der Waals surface area contributed by atoms with E-state index in [2.05, 4.69) is 4.98 Å². The van der Waals surface area contributed by atoms with Crippen molar-refractivity contribution in [3.05, 3.63) is 36.4 Å². The maximum atomic E-state index is 5.74. The van der Waals surface area contributed by atoms with Crippen molar-refractivity contribution in [1.82, 2.24) is 4.98 Å². The molecule has 0 spiro atoms. The van der Waals surface area contributed by atoms with E-state index in [1.807, 2.05) is 18.2 Å². The second-order valence-electron chi connectivity index (χ2n) is 4.35. The Morgan fingerprint density at radius 2 is 1.70 bits per heavy atom. The Morgan fingerprint density at radius 3 is 2.35 bits per heavy atom. The first-order chi connectivity index (χ1) is 9.69. The van der Waals surface area contributed by atoms with Gasteiger partial charge in [-0.25, -0.2) is 4.98 Å². The molecule has 0 aliphatic rings.